The van der Waals surface area contributed by atoms with Crippen molar-refractivity contribution >= 4 is 11.7 Å². The Labute approximate surface area is 94.4 Å². The Kier molecular flexibility index (Phi) is 2.99. The lowest BCUT2D eigenvalue weighted by Gasteiger charge is -2.23. The molecule has 1 aromatic carbocycles. The Bertz CT molecular complexity index is 392. The molecule has 4 heteroatoms. The molecule has 2 rings (SSSR count). The van der Waals surface area contributed by atoms with Gasteiger partial charge in [0.15, 0.2) is 0 Å². The van der Waals surface area contributed by atoms with E-state index in [-0.39, 0.29) is 0 Å². The third-order valence-corrected chi connectivity index (χ3v) is 2.92. The second-order valence-electron chi connectivity index (χ2n) is 3.89. The Morgan fingerprint density at radius 3 is 3.06 bits per heavy atom. The summed E-state index contributed by atoms with van der Waals surface area (Å²) in [4.78, 5) is 13.0. The van der Waals surface area contributed by atoms with Crippen molar-refractivity contribution in [1.29, 1.82) is 0 Å². The maximum absolute atomic E-state index is 11.1. The molecule has 0 saturated carbocycles. The Hall–Kier alpha value is -1.71. The van der Waals surface area contributed by atoms with E-state index >= 15 is 0 Å². The minimum absolute atomic E-state index is 0.396. The van der Waals surface area contributed by atoms with Gasteiger partial charge in [0.1, 0.15) is 11.8 Å². The highest BCUT2D eigenvalue weighted by molar-refractivity contribution is 5.79. The molecule has 1 aliphatic heterocycles. The Balaban J connectivity index is 2.25. The van der Waals surface area contributed by atoms with Gasteiger partial charge >= 0.3 is 5.97 Å². The van der Waals surface area contributed by atoms with Gasteiger partial charge in [0, 0.05) is 18.3 Å². The molecular formula is C12H15NO3. The zero-order valence-corrected chi connectivity index (χ0v) is 9.22. The van der Waals surface area contributed by atoms with Gasteiger partial charge in [-0.25, -0.2) is 4.79 Å². The first-order valence-corrected chi connectivity index (χ1v) is 5.36. The molecule has 0 radical (unpaired) electrons. The summed E-state index contributed by atoms with van der Waals surface area (Å²) in [6.07, 6.45) is 1.64. The van der Waals surface area contributed by atoms with E-state index < -0.39 is 12.0 Å². The van der Waals surface area contributed by atoms with Crippen LogP contribution in [0.5, 0.6) is 5.75 Å². The second kappa shape index (κ2) is 4.43. The zero-order valence-electron chi connectivity index (χ0n) is 9.22. The third kappa shape index (κ3) is 1.96. The van der Waals surface area contributed by atoms with E-state index in [0.717, 1.165) is 24.4 Å². The number of hydrogen-bond acceptors (Lipinski definition) is 3. The monoisotopic (exact) mass is 221 g/mol. The van der Waals surface area contributed by atoms with Crippen LogP contribution in [0.3, 0.4) is 0 Å². The van der Waals surface area contributed by atoms with Gasteiger partial charge in [-0.2, -0.15) is 0 Å². The van der Waals surface area contributed by atoms with Crippen LogP contribution in [-0.2, 0) is 4.79 Å². The van der Waals surface area contributed by atoms with Crippen molar-refractivity contribution in [3.8, 4) is 5.75 Å². The number of carboxylic acids is 1. The predicted octanol–water partition coefficient (Wildman–Crippen LogP) is 1.75. The van der Waals surface area contributed by atoms with Gasteiger partial charge in [0.2, 0.25) is 0 Å². The van der Waals surface area contributed by atoms with E-state index in [0.29, 0.717) is 6.42 Å². The van der Waals surface area contributed by atoms with Crippen LogP contribution in [0.15, 0.2) is 24.3 Å². The van der Waals surface area contributed by atoms with E-state index in [1.54, 1.807) is 7.11 Å². The molecule has 0 aromatic heterocycles. The van der Waals surface area contributed by atoms with E-state index in [2.05, 4.69) is 0 Å². The van der Waals surface area contributed by atoms with Crippen molar-refractivity contribution in [3.63, 3.8) is 0 Å². The van der Waals surface area contributed by atoms with Gasteiger partial charge in [-0.1, -0.05) is 6.07 Å². The van der Waals surface area contributed by atoms with E-state index in [1.807, 2.05) is 29.2 Å². The molecule has 16 heavy (non-hydrogen) atoms. The second-order valence-corrected chi connectivity index (χ2v) is 3.89. The van der Waals surface area contributed by atoms with Crippen molar-refractivity contribution in [1.82, 2.24) is 0 Å². The summed E-state index contributed by atoms with van der Waals surface area (Å²) in [5, 5.41) is 9.10. The summed E-state index contributed by atoms with van der Waals surface area (Å²) >= 11 is 0. The molecule has 1 heterocycles. The van der Waals surface area contributed by atoms with Gasteiger partial charge < -0.3 is 14.7 Å². The molecule has 1 N–H and O–H groups in total. The van der Waals surface area contributed by atoms with Crippen LogP contribution in [-0.4, -0.2) is 30.8 Å². The van der Waals surface area contributed by atoms with Gasteiger partial charge in [-0.05, 0) is 25.0 Å². The third-order valence-electron chi connectivity index (χ3n) is 2.92. The lowest BCUT2D eigenvalue weighted by Crippen LogP contribution is -2.35. The number of benzene rings is 1. The standard InChI is InChI=1S/C12H15NO3/c1-16-10-5-2-4-9(8-10)13-7-3-6-11(13)12(14)15/h2,4-5,8,11H,3,6-7H2,1H3,(H,14,15). The number of carbonyl (C=O) groups is 1. The summed E-state index contributed by atoms with van der Waals surface area (Å²) < 4.78 is 5.14. The smallest absolute Gasteiger partial charge is 0.326 e. The Morgan fingerprint density at radius 2 is 2.38 bits per heavy atom. The van der Waals surface area contributed by atoms with Crippen LogP contribution >= 0.6 is 0 Å². The molecule has 0 aliphatic carbocycles. The number of anilines is 1. The van der Waals surface area contributed by atoms with Gasteiger partial charge in [0.05, 0.1) is 7.11 Å². The summed E-state index contributed by atoms with van der Waals surface area (Å²) in [6.45, 7) is 0.796. The first-order chi connectivity index (χ1) is 7.72. The van der Waals surface area contributed by atoms with Crippen LogP contribution in [0, 0.1) is 0 Å². The summed E-state index contributed by atoms with van der Waals surface area (Å²) in [5.41, 5.74) is 0.921. The summed E-state index contributed by atoms with van der Waals surface area (Å²) in [6, 6.07) is 7.14. The molecule has 4 nitrogen and oxygen atoms in total. The summed E-state index contributed by atoms with van der Waals surface area (Å²) in [7, 11) is 1.61. The van der Waals surface area contributed by atoms with Crippen LogP contribution in [0.25, 0.3) is 0 Å². The number of hydrogen-bond donors (Lipinski definition) is 1. The number of nitrogens with zero attached hydrogens (tertiary/aromatic N) is 1. The predicted molar refractivity (Wildman–Crippen MR) is 61.0 cm³/mol. The molecule has 0 bridgehead atoms. The molecule has 1 aromatic rings. The molecule has 1 unspecified atom stereocenters. The van der Waals surface area contributed by atoms with E-state index in [4.69, 9.17) is 9.84 Å². The maximum atomic E-state index is 11.1. The molecule has 0 amide bonds. The van der Waals surface area contributed by atoms with Gasteiger partial charge in [-0.3, -0.25) is 0 Å². The average molecular weight is 221 g/mol. The van der Waals surface area contributed by atoms with E-state index in [1.165, 1.54) is 0 Å². The average Bonchev–Trinajstić information content (AvgIpc) is 2.78. The first kappa shape index (κ1) is 10.8. The molecule has 1 aliphatic rings. The van der Waals surface area contributed by atoms with Crippen molar-refractivity contribution in [2.24, 2.45) is 0 Å². The fourth-order valence-corrected chi connectivity index (χ4v) is 2.12. The Morgan fingerprint density at radius 1 is 1.56 bits per heavy atom. The molecule has 1 saturated heterocycles. The van der Waals surface area contributed by atoms with Crippen molar-refractivity contribution in [2.75, 3.05) is 18.6 Å². The zero-order chi connectivity index (χ0) is 11.5. The van der Waals surface area contributed by atoms with Gasteiger partial charge in [0.25, 0.3) is 0 Å². The molecule has 86 valence electrons. The van der Waals surface area contributed by atoms with Crippen LogP contribution < -0.4 is 9.64 Å². The van der Waals surface area contributed by atoms with Crippen molar-refractivity contribution < 1.29 is 14.6 Å². The SMILES string of the molecule is COc1cccc(N2CCCC2C(=O)O)c1. The van der Waals surface area contributed by atoms with Crippen LogP contribution in [0.4, 0.5) is 5.69 Å². The lowest BCUT2D eigenvalue weighted by atomic mass is 10.2. The maximum Gasteiger partial charge on any atom is 0.326 e. The van der Waals surface area contributed by atoms with E-state index in [9.17, 15) is 4.79 Å². The van der Waals surface area contributed by atoms with Crippen LogP contribution in [0.1, 0.15) is 12.8 Å². The highest BCUT2D eigenvalue weighted by atomic mass is 16.5. The number of methoxy groups -OCH3 is 1. The van der Waals surface area contributed by atoms with Gasteiger partial charge in [-0.15, -0.1) is 0 Å². The largest absolute Gasteiger partial charge is 0.497 e. The molecule has 1 atom stereocenters. The highest BCUT2D eigenvalue weighted by Crippen LogP contribution is 2.28. The van der Waals surface area contributed by atoms with Crippen molar-refractivity contribution in [2.45, 2.75) is 18.9 Å². The fourth-order valence-electron chi connectivity index (χ4n) is 2.12. The normalized spacial score (nSPS) is 19.8. The first-order valence-electron chi connectivity index (χ1n) is 5.36. The topological polar surface area (TPSA) is 49.8 Å². The van der Waals surface area contributed by atoms with Crippen LogP contribution in [0.2, 0.25) is 0 Å². The highest BCUT2D eigenvalue weighted by Gasteiger charge is 2.30. The fraction of sp³-hybridized carbons (Fsp3) is 0.417. The lowest BCUT2D eigenvalue weighted by molar-refractivity contribution is -0.138. The number of carboxylic acid groups (broad SMARTS) is 1. The molecule has 1 fully saturated rings. The minimum atomic E-state index is -0.750. The number of rotatable bonds is 3. The number of ether oxygens (including phenoxy) is 1. The minimum Gasteiger partial charge on any atom is -0.497 e. The molecule has 0 spiro atoms. The quantitative estimate of drug-likeness (QED) is 0.844. The van der Waals surface area contributed by atoms with Crippen molar-refractivity contribution in [3.05, 3.63) is 24.3 Å². The summed E-state index contributed by atoms with van der Waals surface area (Å²) in [5.74, 6) is 0.00820. The molecular weight excluding hydrogens is 206 g/mol. The number of aliphatic carboxylic acids is 1.